The first-order valence-corrected chi connectivity index (χ1v) is 7.11. The van der Waals surface area contributed by atoms with Crippen LogP contribution in [0.25, 0.3) is 0 Å². The van der Waals surface area contributed by atoms with Gasteiger partial charge in [0.2, 0.25) is 5.88 Å². The second-order valence-electron chi connectivity index (χ2n) is 5.74. The summed E-state index contributed by atoms with van der Waals surface area (Å²) in [5, 5.41) is 6.68. The largest absolute Gasteiger partial charge is 0.338 e. The van der Waals surface area contributed by atoms with Crippen molar-refractivity contribution in [3.05, 3.63) is 45.6 Å². The summed E-state index contributed by atoms with van der Waals surface area (Å²) in [7, 11) is 0. The molecule has 1 aromatic carbocycles. The normalized spacial score (nSPS) is 11.4. The van der Waals surface area contributed by atoms with E-state index in [-0.39, 0.29) is 11.3 Å². The van der Waals surface area contributed by atoms with Gasteiger partial charge in [-0.25, -0.2) is 0 Å². The average Bonchev–Trinajstić information content (AvgIpc) is 2.81. The van der Waals surface area contributed by atoms with Gasteiger partial charge in [0.25, 0.3) is 5.91 Å². The molecule has 0 aliphatic rings. The molecule has 1 aromatic heterocycles. The number of carbonyl (C=O) groups excluding carboxylic acids is 1. The number of aryl methyl sites for hydroxylation is 1. The molecule has 0 aliphatic carbocycles. The van der Waals surface area contributed by atoms with Gasteiger partial charge in [0.05, 0.1) is 5.69 Å². The Morgan fingerprint density at radius 2 is 2.00 bits per heavy atom. The number of halogens is 1. The molecule has 1 heterocycles. The molecule has 5 heteroatoms. The second-order valence-corrected chi connectivity index (χ2v) is 6.60. The van der Waals surface area contributed by atoms with Crippen LogP contribution in [0, 0.1) is 6.92 Å². The van der Waals surface area contributed by atoms with Crippen LogP contribution in [0.2, 0.25) is 0 Å². The lowest BCUT2D eigenvalue weighted by Gasteiger charge is -2.12. The predicted molar refractivity (Wildman–Crippen MR) is 82.0 cm³/mol. The number of hydrogen-bond donors (Lipinski definition) is 1. The van der Waals surface area contributed by atoms with Crippen molar-refractivity contribution in [1.29, 1.82) is 0 Å². The summed E-state index contributed by atoms with van der Waals surface area (Å²) in [4.78, 5) is 12.1. The van der Waals surface area contributed by atoms with Crippen molar-refractivity contribution in [2.24, 2.45) is 0 Å². The molecular weight excluding hydrogens is 320 g/mol. The number of amides is 1. The van der Waals surface area contributed by atoms with E-state index in [1.165, 1.54) is 0 Å². The molecule has 1 amide bonds. The topological polar surface area (TPSA) is 55.1 Å². The first kappa shape index (κ1) is 14.8. The SMILES string of the molecule is Cc1cc(C(=O)Nc2cc(C(C)(C)C)no2)ccc1Br. The number of anilines is 1. The Morgan fingerprint density at radius 1 is 1.30 bits per heavy atom. The maximum atomic E-state index is 12.1. The summed E-state index contributed by atoms with van der Waals surface area (Å²) in [6, 6.07) is 7.18. The van der Waals surface area contributed by atoms with Gasteiger partial charge in [0, 0.05) is 21.5 Å². The molecule has 0 saturated heterocycles. The van der Waals surface area contributed by atoms with E-state index in [2.05, 4.69) is 26.4 Å². The van der Waals surface area contributed by atoms with Crippen LogP contribution in [-0.4, -0.2) is 11.1 Å². The summed E-state index contributed by atoms with van der Waals surface area (Å²) in [6.07, 6.45) is 0. The Labute approximate surface area is 126 Å². The fraction of sp³-hybridized carbons (Fsp3) is 0.333. The van der Waals surface area contributed by atoms with Crippen molar-refractivity contribution in [3.63, 3.8) is 0 Å². The van der Waals surface area contributed by atoms with Crippen molar-refractivity contribution in [3.8, 4) is 0 Å². The average molecular weight is 337 g/mol. The summed E-state index contributed by atoms with van der Waals surface area (Å²) < 4.78 is 6.12. The maximum absolute atomic E-state index is 12.1. The second kappa shape index (κ2) is 5.40. The Balaban J connectivity index is 2.15. The van der Waals surface area contributed by atoms with Crippen LogP contribution in [-0.2, 0) is 5.41 Å². The molecule has 0 spiro atoms. The lowest BCUT2D eigenvalue weighted by molar-refractivity contribution is 0.102. The molecule has 0 bridgehead atoms. The molecule has 0 unspecified atom stereocenters. The standard InChI is InChI=1S/C15H17BrN2O2/c1-9-7-10(5-6-11(9)16)14(19)17-13-8-12(18-20-13)15(2,3)4/h5-8H,1-4H3,(H,17,19). The van der Waals surface area contributed by atoms with Gasteiger partial charge < -0.3 is 4.52 Å². The number of aromatic nitrogens is 1. The molecule has 2 aromatic rings. The number of nitrogens with one attached hydrogen (secondary N) is 1. The number of rotatable bonds is 2. The fourth-order valence-electron chi connectivity index (χ4n) is 1.66. The van der Waals surface area contributed by atoms with Gasteiger partial charge in [-0.3, -0.25) is 10.1 Å². The van der Waals surface area contributed by atoms with E-state index in [0.717, 1.165) is 15.7 Å². The minimum atomic E-state index is -0.211. The third-order valence-electron chi connectivity index (χ3n) is 2.94. The Morgan fingerprint density at radius 3 is 2.55 bits per heavy atom. The van der Waals surface area contributed by atoms with E-state index < -0.39 is 0 Å². The van der Waals surface area contributed by atoms with Crippen molar-refractivity contribution in [2.75, 3.05) is 5.32 Å². The lowest BCUT2D eigenvalue weighted by atomic mass is 9.92. The van der Waals surface area contributed by atoms with Gasteiger partial charge in [0.15, 0.2) is 0 Å². The monoisotopic (exact) mass is 336 g/mol. The van der Waals surface area contributed by atoms with Gasteiger partial charge >= 0.3 is 0 Å². The van der Waals surface area contributed by atoms with Gasteiger partial charge in [-0.1, -0.05) is 41.9 Å². The minimum absolute atomic E-state index is 0.110. The Kier molecular flexibility index (Phi) is 3.99. The first-order valence-electron chi connectivity index (χ1n) is 6.32. The molecule has 0 atom stereocenters. The fourth-order valence-corrected chi connectivity index (χ4v) is 1.90. The molecule has 20 heavy (non-hydrogen) atoms. The zero-order chi connectivity index (χ0) is 14.9. The highest BCUT2D eigenvalue weighted by atomic mass is 79.9. The van der Waals surface area contributed by atoms with Gasteiger partial charge in [-0.05, 0) is 30.7 Å². The van der Waals surface area contributed by atoms with Crippen LogP contribution >= 0.6 is 15.9 Å². The molecule has 4 nitrogen and oxygen atoms in total. The highest BCUT2D eigenvalue weighted by Crippen LogP contribution is 2.24. The molecular formula is C15H17BrN2O2. The summed E-state index contributed by atoms with van der Waals surface area (Å²) >= 11 is 3.41. The van der Waals surface area contributed by atoms with Crippen LogP contribution in [0.1, 0.15) is 42.4 Å². The molecule has 0 saturated carbocycles. The van der Waals surface area contributed by atoms with Crippen LogP contribution in [0.15, 0.2) is 33.3 Å². The van der Waals surface area contributed by atoms with E-state index in [1.54, 1.807) is 12.1 Å². The lowest BCUT2D eigenvalue weighted by Crippen LogP contribution is -2.12. The van der Waals surface area contributed by atoms with Gasteiger partial charge in [0.1, 0.15) is 0 Å². The van der Waals surface area contributed by atoms with Crippen molar-refractivity contribution in [2.45, 2.75) is 33.1 Å². The molecule has 0 radical (unpaired) electrons. The number of hydrogen-bond acceptors (Lipinski definition) is 3. The molecule has 2 rings (SSSR count). The van der Waals surface area contributed by atoms with Crippen molar-refractivity contribution in [1.82, 2.24) is 5.16 Å². The van der Waals surface area contributed by atoms with E-state index >= 15 is 0 Å². The number of nitrogens with zero attached hydrogens (tertiary/aromatic N) is 1. The predicted octanol–water partition coefficient (Wildman–Crippen LogP) is 4.30. The van der Waals surface area contributed by atoms with Gasteiger partial charge in [-0.2, -0.15) is 0 Å². The summed E-state index contributed by atoms with van der Waals surface area (Å²) in [5.41, 5.74) is 2.28. The van der Waals surface area contributed by atoms with Crippen molar-refractivity contribution < 1.29 is 9.32 Å². The molecule has 106 valence electrons. The van der Waals surface area contributed by atoms with E-state index in [0.29, 0.717) is 11.4 Å². The number of benzene rings is 1. The smallest absolute Gasteiger partial charge is 0.258 e. The van der Waals surface area contributed by atoms with E-state index in [4.69, 9.17) is 4.52 Å². The van der Waals surface area contributed by atoms with E-state index in [1.807, 2.05) is 39.8 Å². The molecule has 0 fully saturated rings. The van der Waals surface area contributed by atoms with Crippen LogP contribution in [0.5, 0.6) is 0 Å². The third-order valence-corrected chi connectivity index (χ3v) is 3.83. The van der Waals surface area contributed by atoms with Crippen LogP contribution in [0.3, 0.4) is 0 Å². The summed E-state index contributed by atoms with van der Waals surface area (Å²) in [5.74, 6) is 0.151. The highest BCUT2D eigenvalue weighted by Gasteiger charge is 2.20. The summed E-state index contributed by atoms with van der Waals surface area (Å²) in [6.45, 7) is 8.05. The van der Waals surface area contributed by atoms with Crippen LogP contribution < -0.4 is 5.32 Å². The van der Waals surface area contributed by atoms with Gasteiger partial charge in [-0.15, -0.1) is 0 Å². The molecule has 0 aliphatic heterocycles. The number of carbonyl (C=O) groups is 1. The zero-order valence-corrected chi connectivity index (χ0v) is 13.5. The minimum Gasteiger partial charge on any atom is -0.338 e. The highest BCUT2D eigenvalue weighted by molar-refractivity contribution is 9.10. The Hall–Kier alpha value is -1.62. The van der Waals surface area contributed by atoms with Crippen LogP contribution in [0.4, 0.5) is 5.88 Å². The zero-order valence-electron chi connectivity index (χ0n) is 12.0. The van der Waals surface area contributed by atoms with E-state index in [9.17, 15) is 4.79 Å². The quantitative estimate of drug-likeness (QED) is 0.889. The van der Waals surface area contributed by atoms with Crippen molar-refractivity contribution >= 4 is 27.7 Å². The molecule has 1 N–H and O–H groups in total. The maximum Gasteiger partial charge on any atom is 0.258 e. The first-order chi connectivity index (χ1) is 9.27. The third kappa shape index (κ3) is 3.28. The Bertz CT molecular complexity index is 642.